The van der Waals surface area contributed by atoms with E-state index in [9.17, 15) is 31.2 Å². The first-order chi connectivity index (χ1) is 15.9. The number of hydrogen-bond donors (Lipinski definition) is 0. The highest BCUT2D eigenvalue weighted by Gasteiger charge is 2.36. The van der Waals surface area contributed by atoms with Gasteiger partial charge in [0.05, 0.1) is 18.2 Å². The van der Waals surface area contributed by atoms with Crippen LogP contribution in [0.15, 0.2) is 47.4 Å². The van der Waals surface area contributed by atoms with Crippen LogP contribution in [0.5, 0.6) is 5.75 Å². The molecule has 0 unspecified atom stereocenters. The van der Waals surface area contributed by atoms with Gasteiger partial charge in [0, 0.05) is 45.8 Å². The zero-order valence-corrected chi connectivity index (χ0v) is 19.6. The number of alkyl halides is 3. The summed E-state index contributed by atoms with van der Waals surface area (Å²) in [6.07, 6.45) is -4.66. The first-order valence-electron chi connectivity index (χ1n) is 10.2. The van der Waals surface area contributed by atoms with Crippen LogP contribution >= 0.6 is 0 Å². The van der Waals surface area contributed by atoms with Crippen molar-refractivity contribution in [2.75, 3.05) is 47.4 Å². The Hall–Kier alpha value is -3.12. The summed E-state index contributed by atoms with van der Waals surface area (Å²) in [6, 6.07) is 8.63. The molecule has 0 radical (unpaired) electrons. The fourth-order valence-electron chi connectivity index (χ4n) is 3.59. The van der Waals surface area contributed by atoms with E-state index in [-0.39, 0.29) is 42.4 Å². The molecule has 0 aliphatic carbocycles. The van der Waals surface area contributed by atoms with Gasteiger partial charge >= 0.3 is 6.18 Å². The molecule has 2 aromatic rings. The van der Waals surface area contributed by atoms with Gasteiger partial charge in [-0.05, 0) is 30.3 Å². The molecule has 1 fully saturated rings. The number of methoxy groups -OCH3 is 1. The van der Waals surface area contributed by atoms with E-state index in [2.05, 4.69) is 0 Å². The molecule has 2 aromatic carbocycles. The lowest BCUT2D eigenvalue weighted by Gasteiger charge is -2.35. The largest absolute Gasteiger partial charge is 0.495 e. The first kappa shape index (κ1) is 25.5. The van der Waals surface area contributed by atoms with Gasteiger partial charge in [0.1, 0.15) is 10.6 Å². The van der Waals surface area contributed by atoms with Crippen molar-refractivity contribution in [3.05, 3.63) is 59.2 Å². The standard InChI is InChI=1S/C22H24F3N3O5S/c1-26(2)34(31,32)19-14-15(8-9-18(19)33-3)20(29)27-10-12-28(13-11-27)21(30)16-6-4-5-7-17(16)22(23,24)25/h4-9,14H,10-13H2,1-3H3. The molecule has 1 aliphatic rings. The van der Waals surface area contributed by atoms with Crippen molar-refractivity contribution in [1.29, 1.82) is 0 Å². The van der Waals surface area contributed by atoms with Gasteiger partial charge in [-0.25, -0.2) is 12.7 Å². The molecule has 1 heterocycles. The second-order valence-electron chi connectivity index (χ2n) is 7.78. The van der Waals surface area contributed by atoms with Crippen molar-refractivity contribution < 1.29 is 35.9 Å². The molecular weight excluding hydrogens is 475 g/mol. The number of ether oxygens (including phenoxy) is 1. The molecule has 0 spiro atoms. The third-order valence-electron chi connectivity index (χ3n) is 5.49. The van der Waals surface area contributed by atoms with E-state index < -0.39 is 39.1 Å². The van der Waals surface area contributed by atoms with E-state index >= 15 is 0 Å². The summed E-state index contributed by atoms with van der Waals surface area (Å²) in [5.41, 5.74) is -1.33. The Labute approximate surface area is 195 Å². The van der Waals surface area contributed by atoms with E-state index in [4.69, 9.17) is 4.74 Å². The molecule has 8 nitrogen and oxygen atoms in total. The van der Waals surface area contributed by atoms with Crippen molar-refractivity contribution >= 4 is 21.8 Å². The van der Waals surface area contributed by atoms with Crippen molar-refractivity contribution in [2.24, 2.45) is 0 Å². The molecule has 0 N–H and O–H groups in total. The van der Waals surface area contributed by atoms with Crippen LogP contribution in [0.3, 0.4) is 0 Å². The monoisotopic (exact) mass is 499 g/mol. The van der Waals surface area contributed by atoms with Gasteiger partial charge in [0.25, 0.3) is 11.8 Å². The Morgan fingerprint density at radius 1 is 0.941 bits per heavy atom. The van der Waals surface area contributed by atoms with Gasteiger partial charge in [-0.1, -0.05) is 12.1 Å². The lowest BCUT2D eigenvalue weighted by molar-refractivity contribution is -0.138. The van der Waals surface area contributed by atoms with E-state index in [0.29, 0.717) is 0 Å². The van der Waals surface area contributed by atoms with Gasteiger partial charge in [0.2, 0.25) is 10.0 Å². The SMILES string of the molecule is COc1ccc(C(=O)N2CCN(C(=O)c3ccccc3C(F)(F)F)CC2)cc1S(=O)(=O)N(C)C. The fourth-order valence-corrected chi connectivity index (χ4v) is 4.67. The second-order valence-corrected chi connectivity index (χ2v) is 9.90. The number of piperazine rings is 1. The molecule has 12 heteroatoms. The smallest absolute Gasteiger partial charge is 0.417 e. The lowest BCUT2D eigenvalue weighted by atomic mass is 10.1. The maximum absolute atomic E-state index is 13.3. The van der Waals surface area contributed by atoms with Crippen molar-refractivity contribution in [2.45, 2.75) is 11.1 Å². The lowest BCUT2D eigenvalue weighted by Crippen LogP contribution is -2.50. The Morgan fingerprint density at radius 2 is 1.50 bits per heavy atom. The number of rotatable bonds is 5. The predicted molar refractivity (Wildman–Crippen MR) is 117 cm³/mol. The molecular formula is C22H24F3N3O5S. The van der Waals surface area contributed by atoms with Crippen molar-refractivity contribution in [3.8, 4) is 5.75 Å². The van der Waals surface area contributed by atoms with Crippen LogP contribution in [0.2, 0.25) is 0 Å². The second kappa shape index (κ2) is 9.63. The highest BCUT2D eigenvalue weighted by molar-refractivity contribution is 7.89. The molecule has 0 bridgehead atoms. The number of carbonyl (C=O) groups excluding carboxylic acids is 2. The maximum atomic E-state index is 13.3. The predicted octanol–water partition coefficient (Wildman–Crippen LogP) is 2.56. The van der Waals surface area contributed by atoms with E-state index in [1.165, 1.54) is 61.3 Å². The third-order valence-corrected chi connectivity index (χ3v) is 7.32. The van der Waals surface area contributed by atoms with E-state index in [0.717, 1.165) is 16.4 Å². The highest BCUT2D eigenvalue weighted by atomic mass is 32.2. The number of halogens is 3. The van der Waals surface area contributed by atoms with Crippen LogP contribution in [0, 0.1) is 0 Å². The van der Waals surface area contributed by atoms with Crippen molar-refractivity contribution in [1.82, 2.24) is 14.1 Å². The highest BCUT2D eigenvalue weighted by Crippen LogP contribution is 2.32. The Kier molecular flexibility index (Phi) is 7.22. The Bertz CT molecular complexity index is 1190. The molecule has 0 atom stereocenters. The summed E-state index contributed by atoms with van der Waals surface area (Å²) in [5.74, 6) is -1.13. The van der Waals surface area contributed by atoms with Crippen molar-refractivity contribution in [3.63, 3.8) is 0 Å². The molecule has 2 amide bonds. The molecule has 0 saturated carbocycles. The fraction of sp³-hybridized carbons (Fsp3) is 0.364. The van der Waals surface area contributed by atoms with Crippen LogP contribution in [-0.4, -0.2) is 81.7 Å². The molecule has 0 aromatic heterocycles. The number of nitrogens with zero attached hydrogens (tertiary/aromatic N) is 3. The molecule has 184 valence electrons. The summed E-state index contributed by atoms with van der Waals surface area (Å²) in [7, 11) is 0.153. The van der Waals surface area contributed by atoms with Crippen LogP contribution in [0.1, 0.15) is 26.3 Å². The summed E-state index contributed by atoms with van der Waals surface area (Å²) in [5, 5.41) is 0. The average Bonchev–Trinajstić information content (AvgIpc) is 2.82. The van der Waals surface area contributed by atoms with E-state index in [1.807, 2.05) is 0 Å². The topological polar surface area (TPSA) is 87.2 Å². The summed E-state index contributed by atoms with van der Waals surface area (Å²) >= 11 is 0. The number of sulfonamides is 1. The summed E-state index contributed by atoms with van der Waals surface area (Å²) < 4.78 is 71.2. The van der Waals surface area contributed by atoms with Gasteiger partial charge in [0.15, 0.2) is 0 Å². The number of benzene rings is 2. The average molecular weight is 500 g/mol. The molecule has 1 saturated heterocycles. The molecule has 1 aliphatic heterocycles. The molecule has 3 rings (SSSR count). The van der Waals surface area contributed by atoms with Crippen LogP contribution in [0.4, 0.5) is 13.2 Å². The quantitative estimate of drug-likeness (QED) is 0.631. The number of hydrogen-bond acceptors (Lipinski definition) is 5. The minimum atomic E-state index is -4.66. The zero-order chi connectivity index (χ0) is 25.3. The zero-order valence-electron chi connectivity index (χ0n) is 18.8. The van der Waals surface area contributed by atoms with Gasteiger partial charge < -0.3 is 14.5 Å². The summed E-state index contributed by atoms with van der Waals surface area (Å²) in [6.45, 7) is 0.243. The Balaban J connectivity index is 1.77. The van der Waals surface area contributed by atoms with Gasteiger partial charge in [-0.2, -0.15) is 13.2 Å². The van der Waals surface area contributed by atoms with Gasteiger partial charge in [-0.15, -0.1) is 0 Å². The van der Waals surface area contributed by atoms with E-state index in [1.54, 1.807) is 0 Å². The van der Waals surface area contributed by atoms with Gasteiger partial charge in [-0.3, -0.25) is 9.59 Å². The minimum Gasteiger partial charge on any atom is -0.495 e. The normalized spacial score (nSPS) is 14.9. The first-order valence-corrected chi connectivity index (χ1v) is 11.7. The number of carbonyl (C=O) groups is 2. The van der Waals surface area contributed by atoms with Crippen LogP contribution in [0.25, 0.3) is 0 Å². The number of amides is 2. The molecule has 34 heavy (non-hydrogen) atoms. The third kappa shape index (κ3) is 5.02. The Morgan fingerprint density at radius 3 is 2.03 bits per heavy atom. The van der Waals surface area contributed by atoms with Crippen LogP contribution < -0.4 is 4.74 Å². The summed E-state index contributed by atoms with van der Waals surface area (Å²) in [4.78, 5) is 28.3. The minimum absolute atomic E-state index is 0.0375. The maximum Gasteiger partial charge on any atom is 0.417 e. The van der Waals surface area contributed by atoms with Crippen LogP contribution in [-0.2, 0) is 16.2 Å².